The Morgan fingerprint density at radius 1 is 0.615 bits per heavy atom. The van der Waals surface area contributed by atoms with Crippen molar-refractivity contribution in [1.29, 1.82) is 0 Å². The van der Waals surface area contributed by atoms with E-state index in [-0.39, 0.29) is 19.6 Å². The number of hydrogen-bond acceptors (Lipinski definition) is 11. The third-order valence-corrected chi connectivity index (χ3v) is 3.86. The topological polar surface area (TPSA) is 206 Å². The van der Waals surface area contributed by atoms with E-state index in [9.17, 15) is 40.9 Å². The molecule has 0 aromatic rings. The second-order valence-corrected chi connectivity index (χ2v) is 6.00. The van der Waals surface area contributed by atoms with Crippen LogP contribution >= 0.6 is 0 Å². The summed E-state index contributed by atoms with van der Waals surface area (Å²) < 4.78 is 0. The summed E-state index contributed by atoms with van der Waals surface area (Å²) in [5, 5.41) is 94.6. The van der Waals surface area contributed by atoms with Crippen molar-refractivity contribution in [3.8, 4) is 12.3 Å². The molecule has 8 unspecified atom stereocenters. The van der Waals surface area contributed by atoms with Gasteiger partial charge in [-0.25, -0.2) is 0 Å². The van der Waals surface area contributed by atoms with Crippen molar-refractivity contribution in [2.24, 2.45) is 0 Å². The van der Waals surface area contributed by atoms with Crippen molar-refractivity contribution in [1.82, 2.24) is 4.90 Å². The van der Waals surface area contributed by atoms with Crippen molar-refractivity contribution in [3.63, 3.8) is 0 Å². The van der Waals surface area contributed by atoms with Gasteiger partial charge in [-0.1, -0.05) is 5.92 Å². The molecule has 0 amide bonds. The molecule has 0 aromatic carbocycles. The summed E-state index contributed by atoms with van der Waals surface area (Å²) in [7, 11) is 0. The highest BCUT2D eigenvalue weighted by Crippen LogP contribution is 2.10. The minimum absolute atomic E-state index is 0.148. The number of hydrogen-bond donors (Lipinski definition) is 10. The second-order valence-electron chi connectivity index (χ2n) is 6.00. The first-order valence-corrected chi connectivity index (χ1v) is 7.92. The van der Waals surface area contributed by atoms with Gasteiger partial charge in [0, 0.05) is 13.1 Å². The van der Waals surface area contributed by atoms with Gasteiger partial charge in [0.25, 0.3) is 0 Å². The zero-order chi connectivity index (χ0) is 20.4. The molecule has 11 heteroatoms. The summed E-state index contributed by atoms with van der Waals surface area (Å²) in [5.74, 6) is 2.22. The first kappa shape index (κ1) is 25.1. The van der Waals surface area contributed by atoms with Gasteiger partial charge in [-0.3, -0.25) is 4.90 Å². The molecule has 0 aliphatic heterocycles. The third-order valence-electron chi connectivity index (χ3n) is 3.86. The van der Waals surface area contributed by atoms with E-state index in [1.165, 1.54) is 4.90 Å². The minimum atomic E-state index is -1.83. The highest BCUT2D eigenvalue weighted by atomic mass is 16.4. The maximum Gasteiger partial charge on any atom is 0.111 e. The van der Waals surface area contributed by atoms with E-state index in [1.807, 2.05) is 0 Å². The predicted molar refractivity (Wildman–Crippen MR) is 87.5 cm³/mol. The minimum Gasteiger partial charge on any atom is -0.394 e. The molecule has 0 bridgehead atoms. The summed E-state index contributed by atoms with van der Waals surface area (Å²) in [4.78, 5) is 1.21. The first-order chi connectivity index (χ1) is 12.1. The Morgan fingerprint density at radius 2 is 0.923 bits per heavy atom. The third kappa shape index (κ3) is 7.78. The normalized spacial score (nSPS) is 21.3. The van der Waals surface area contributed by atoms with E-state index in [2.05, 4.69) is 5.92 Å². The Kier molecular flexibility index (Phi) is 12.1. The molecule has 26 heavy (non-hydrogen) atoms. The monoisotopic (exact) mass is 383 g/mol. The van der Waals surface area contributed by atoms with Crippen LogP contribution < -0.4 is 0 Å². The van der Waals surface area contributed by atoms with Gasteiger partial charge >= 0.3 is 0 Å². The molecule has 0 aliphatic carbocycles. The molecule has 8 atom stereocenters. The molecular weight excluding hydrogens is 354 g/mol. The summed E-state index contributed by atoms with van der Waals surface area (Å²) >= 11 is 0. The lowest BCUT2D eigenvalue weighted by atomic mass is 10.0. The van der Waals surface area contributed by atoms with Gasteiger partial charge in [0.15, 0.2) is 0 Å². The molecule has 0 aromatic heterocycles. The van der Waals surface area contributed by atoms with E-state index < -0.39 is 62.0 Å². The number of aliphatic hydroxyl groups excluding tert-OH is 10. The lowest BCUT2D eigenvalue weighted by Gasteiger charge is -2.32. The quantitative estimate of drug-likeness (QED) is 0.135. The summed E-state index contributed by atoms with van der Waals surface area (Å²) in [6.07, 6.45) is -8.77. The van der Waals surface area contributed by atoms with Crippen molar-refractivity contribution >= 4 is 0 Å². The van der Waals surface area contributed by atoms with E-state index in [1.54, 1.807) is 0 Å². The summed E-state index contributed by atoms with van der Waals surface area (Å²) in [6, 6.07) is 0. The van der Waals surface area contributed by atoms with Crippen LogP contribution in [-0.2, 0) is 0 Å². The Labute approximate surface area is 151 Å². The molecule has 0 rings (SSSR count). The van der Waals surface area contributed by atoms with E-state index in [0.717, 1.165) is 0 Å². The number of nitrogens with zero attached hydrogens (tertiary/aromatic N) is 1. The van der Waals surface area contributed by atoms with Crippen molar-refractivity contribution in [2.45, 2.75) is 48.8 Å². The van der Waals surface area contributed by atoms with Gasteiger partial charge < -0.3 is 51.1 Å². The highest BCUT2D eigenvalue weighted by Gasteiger charge is 2.34. The fraction of sp³-hybridized carbons (Fsp3) is 0.867. The standard InChI is InChI=1S/C15H29NO10/c1-2-3-16(4-8(19)12(23)14(25)10(21)6-17)5-9(20)13(24)15(26)11(22)7-18/h1,8-15,17-26H,3-7H2. The molecular formula is C15H29NO10. The van der Waals surface area contributed by atoms with E-state index in [4.69, 9.17) is 16.6 Å². The molecule has 0 saturated carbocycles. The van der Waals surface area contributed by atoms with Crippen LogP contribution in [0.1, 0.15) is 0 Å². The Bertz CT molecular complexity index is 390. The van der Waals surface area contributed by atoms with Crippen LogP contribution in [0.5, 0.6) is 0 Å². The van der Waals surface area contributed by atoms with Gasteiger partial charge in [0.05, 0.1) is 32.0 Å². The number of aliphatic hydroxyl groups is 10. The molecule has 154 valence electrons. The molecule has 0 heterocycles. The molecule has 11 nitrogen and oxygen atoms in total. The average Bonchev–Trinajstić information content (AvgIpc) is 2.63. The van der Waals surface area contributed by atoms with Crippen molar-refractivity contribution < 1.29 is 51.1 Å². The van der Waals surface area contributed by atoms with Crippen LogP contribution in [0.25, 0.3) is 0 Å². The first-order valence-electron chi connectivity index (χ1n) is 7.92. The Balaban J connectivity index is 4.85. The van der Waals surface area contributed by atoms with Crippen LogP contribution in [-0.4, -0.2) is 138 Å². The SMILES string of the molecule is C#CCN(CC(O)C(O)C(O)C(O)CO)CC(O)C(O)C(O)C(O)CO. The van der Waals surface area contributed by atoms with Gasteiger partial charge in [-0.05, 0) is 0 Å². The zero-order valence-electron chi connectivity index (χ0n) is 14.2. The second kappa shape index (κ2) is 12.5. The zero-order valence-corrected chi connectivity index (χ0v) is 14.2. The van der Waals surface area contributed by atoms with E-state index in [0.29, 0.717) is 0 Å². The lowest BCUT2D eigenvalue weighted by molar-refractivity contribution is -0.129. The largest absolute Gasteiger partial charge is 0.394 e. The van der Waals surface area contributed by atoms with Crippen LogP contribution in [0.3, 0.4) is 0 Å². The fourth-order valence-corrected chi connectivity index (χ4v) is 2.20. The van der Waals surface area contributed by atoms with Crippen LogP contribution in [0.4, 0.5) is 0 Å². The van der Waals surface area contributed by atoms with Gasteiger partial charge in [0.1, 0.15) is 36.6 Å². The highest BCUT2D eigenvalue weighted by molar-refractivity contribution is 4.92. The predicted octanol–water partition coefficient (Wildman–Crippen LogP) is -6.21. The van der Waals surface area contributed by atoms with Crippen molar-refractivity contribution in [2.75, 3.05) is 32.8 Å². The number of terminal acetylenes is 1. The van der Waals surface area contributed by atoms with Crippen molar-refractivity contribution in [3.05, 3.63) is 0 Å². The lowest BCUT2D eigenvalue weighted by Crippen LogP contribution is -2.53. The van der Waals surface area contributed by atoms with E-state index >= 15 is 0 Å². The molecule has 0 spiro atoms. The van der Waals surface area contributed by atoms with Crippen LogP contribution in [0, 0.1) is 12.3 Å². The molecule has 0 saturated heterocycles. The number of rotatable bonds is 13. The summed E-state index contributed by atoms with van der Waals surface area (Å²) in [6.45, 7) is -2.60. The molecule has 0 aliphatic rings. The average molecular weight is 383 g/mol. The van der Waals surface area contributed by atoms with Gasteiger partial charge in [-0.2, -0.15) is 0 Å². The smallest absolute Gasteiger partial charge is 0.111 e. The summed E-state index contributed by atoms with van der Waals surface area (Å²) in [5.41, 5.74) is 0. The fourth-order valence-electron chi connectivity index (χ4n) is 2.20. The maximum absolute atomic E-state index is 9.94. The van der Waals surface area contributed by atoms with Gasteiger partial charge in [0.2, 0.25) is 0 Å². The van der Waals surface area contributed by atoms with Crippen LogP contribution in [0.15, 0.2) is 0 Å². The molecule has 0 radical (unpaired) electrons. The van der Waals surface area contributed by atoms with Gasteiger partial charge in [-0.15, -0.1) is 6.42 Å². The molecule has 0 fully saturated rings. The Hall–Kier alpha value is -0.880. The van der Waals surface area contributed by atoms with Crippen LogP contribution in [0.2, 0.25) is 0 Å². The Morgan fingerprint density at radius 3 is 1.19 bits per heavy atom. The maximum atomic E-state index is 9.94. The molecule has 10 N–H and O–H groups in total.